The van der Waals surface area contributed by atoms with E-state index < -0.39 is 13.0 Å². The maximum atomic E-state index is 12.2. The van der Waals surface area contributed by atoms with Crippen molar-refractivity contribution in [3.05, 3.63) is 22.4 Å². The van der Waals surface area contributed by atoms with Gasteiger partial charge in [-0.15, -0.1) is 11.3 Å². The maximum Gasteiger partial charge on any atom is 0.261 e. The summed E-state index contributed by atoms with van der Waals surface area (Å²) in [4.78, 5) is 15.0. The second-order valence-corrected chi connectivity index (χ2v) is 5.52. The lowest BCUT2D eigenvalue weighted by atomic mass is 10.2. The van der Waals surface area contributed by atoms with Crippen LogP contribution < -0.4 is 5.32 Å². The Morgan fingerprint density at radius 2 is 2.35 bits per heavy atom. The number of alkyl halides is 2. The number of amides is 1. The summed E-state index contributed by atoms with van der Waals surface area (Å²) in [7, 11) is 0. The summed E-state index contributed by atoms with van der Waals surface area (Å²) in [5, 5.41) is 5.23. The highest BCUT2D eigenvalue weighted by molar-refractivity contribution is 7.10. The molecule has 1 aliphatic rings. The molecule has 112 valence electrons. The van der Waals surface area contributed by atoms with Crippen LogP contribution in [0.25, 0.3) is 0 Å². The topological polar surface area (TPSA) is 41.6 Å². The molecule has 1 aromatic heterocycles. The van der Waals surface area contributed by atoms with Gasteiger partial charge in [0.15, 0.2) is 0 Å². The summed E-state index contributed by atoms with van der Waals surface area (Å²) >= 11 is 1.57. The van der Waals surface area contributed by atoms with E-state index in [0.29, 0.717) is 13.0 Å². The second-order valence-electron chi connectivity index (χ2n) is 4.54. The molecule has 2 atom stereocenters. The van der Waals surface area contributed by atoms with Crippen molar-refractivity contribution in [1.82, 2.24) is 10.2 Å². The van der Waals surface area contributed by atoms with Crippen molar-refractivity contribution in [3.8, 4) is 0 Å². The van der Waals surface area contributed by atoms with Crippen LogP contribution in [-0.4, -0.2) is 43.0 Å². The van der Waals surface area contributed by atoms with Crippen molar-refractivity contribution in [2.75, 3.05) is 19.8 Å². The number of nitrogens with zero attached hydrogens (tertiary/aromatic N) is 1. The van der Waals surface area contributed by atoms with Crippen LogP contribution in [0.2, 0.25) is 0 Å². The molecule has 0 spiro atoms. The molecule has 20 heavy (non-hydrogen) atoms. The smallest absolute Gasteiger partial charge is 0.261 e. The van der Waals surface area contributed by atoms with E-state index in [1.807, 2.05) is 24.4 Å². The summed E-state index contributed by atoms with van der Waals surface area (Å²) in [6.07, 6.45) is -1.95. The van der Waals surface area contributed by atoms with Gasteiger partial charge in [0.2, 0.25) is 5.91 Å². The van der Waals surface area contributed by atoms with Gasteiger partial charge in [0.25, 0.3) is 6.43 Å². The highest BCUT2D eigenvalue weighted by atomic mass is 32.1. The van der Waals surface area contributed by atoms with Gasteiger partial charge in [-0.25, -0.2) is 8.78 Å². The first kappa shape index (κ1) is 15.3. The molecule has 2 rings (SSSR count). The zero-order chi connectivity index (χ0) is 14.5. The number of rotatable bonds is 7. The van der Waals surface area contributed by atoms with Crippen molar-refractivity contribution in [2.24, 2.45) is 0 Å². The average Bonchev–Trinajstić information content (AvgIpc) is 3.03. The van der Waals surface area contributed by atoms with E-state index in [-0.39, 0.29) is 24.7 Å². The molecule has 1 N–H and O–H groups in total. The van der Waals surface area contributed by atoms with Gasteiger partial charge in [0, 0.05) is 11.4 Å². The van der Waals surface area contributed by atoms with E-state index in [1.54, 1.807) is 16.2 Å². The molecular formula is C13H18F2N2O2S. The standard InChI is InChI=1S/C13H18F2N2O2S/c1-2-9-13(18)17(5-6-19-8-11(14)15)12(16-9)10-4-3-7-20-10/h3-4,7,9,11-12,16H,2,5-6,8H2,1H3. The van der Waals surface area contributed by atoms with Gasteiger partial charge >= 0.3 is 0 Å². The quantitative estimate of drug-likeness (QED) is 0.786. The molecule has 0 aromatic carbocycles. The number of nitrogens with one attached hydrogen (secondary N) is 1. The highest BCUT2D eigenvalue weighted by Crippen LogP contribution is 2.29. The first-order chi connectivity index (χ1) is 9.63. The molecule has 0 radical (unpaired) electrons. The molecule has 2 unspecified atom stereocenters. The molecule has 1 aliphatic heterocycles. The molecule has 1 saturated heterocycles. The predicted molar refractivity (Wildman–Crippen MR) is 72.8 cm³/mol. The first-order valence-corrected chi connectivity index (χ1v) is 7.47. The SMILES string of the molecule is CCC1NC(c2cccs2)N(CCOCC(F)F)C1=O. The van der Waals surface area contributed by atoms with Crippen molar-refractivity contribution in [3.63, 3.8) is 0 Å². The second kappa shape index (κ2) is 7.10. The number of carbonyl (C=O) groups is 1. The Kier molecular flexibility index (Phi) is 5.45. The molecule has 2 heterocycles. The number of ether oxygens (including phenoxy) is 1. The molecule has 1 amide bonds. The third-order valence-electron chi connectivity index (χ3n) is 3.19. The lowest BCUT2D eigenvalue weighted by Gasteiger charge is -2.23. The summed E-state index contributed by atoms with van der Waals surface area (Å²) in [5.74, 6) is 0.00606. The zero-order valence-electron chi connectivity index (χ0n) is 11.2. The predicted octanol–water partition coefficient (Wildman–Crippen LogP) is 2.24. The summed E-state index contributed by atoms with van der Waals surface area (Å²) in [6.45, 7) is 1.79. The molecular weight excluding hydrogens is 286 g/mol. The zero-order valence-corrected chi connectivity index (χ0v) is 12.0. The van der Waals surface area contributed by atoms with E-state index in [2.05, 4.69) is 5.32 Å². The number of carbonyl (C=O) groups excluding carboxylic acids is 1. The van der Waals surface area contributed by atoms with Gasteiger partial charge in [-0.3, -0.25) is 10.1 Å². The van der Waals surface area contributed by atoms with Gasteiger partial charge in [0.05, 0.1) is 12.6 Å². The number of thiophene rings is 1. The van der Waals surface area contributed by atoms with Crippen LogP contribution >= 0.6 is 11.3 Å². The minimum absolute atomic E-state index is 0.00606. The van der Waals surface area contributed by atoms with Crippen LogP contribution in [-0.2, 0) is 9.53 Å². The van der Waals surface area contributed by atoms with Crippen LogP contribution in [0, 0.1) is 0 Å². The van der Waals surface area contributed by atoms with Crippen molar-refractivity contribution in [1.29, 1.82) is 0 Å². The lowest BCUT2D eigenvalue weighted by molar-refractivity contribution is -0.131. The Morgan fingerprint density at radius 3 is 2.95 bits per heavy atom. The average molecular weight is 304 g/mol. The monoisotopic (exact) mass is 304 g/mol. The molecule has 1 aromatic rings. The Bertz CT molecular complexity index is 428. The third-order valence-corrected chi connectivity index (χ3v) is 4.12. The van der Waals surface area contributed by atoms with Crippen molar-refractivity contribution in [2.45, 2.75) is 32.0 Å². The van der Waals surface area contributed by atoms with Crippen molar-refractivity contribution < 1.29 is 18.3 Å². The van der Waals surface area contributed by atoms with Crippen LogP contribution in [0.3, 0.4) is 0 Å². The van der Waals surface area contributed by atoms with Crippen LogP contribution in [0.15, 0.2) is 17.5 Å². The lowest BCUT2D eigenvalue weighted by Crippen LogP contribution is -2.34. The molecule has 4 nitrogen and oxygen atoms in total. The van der Waals surface area contributed by atoms with Crippen molar-refractivity contribution >= 4 is 17.2 Å². The fourth-order valence-electron chi connectivity index (χ4n) is 2.23. The van der Waals surface area contributed by atoms with Crippen LogP contribution in [0.1, 0.15) is 24.4 Å². The Labute approximate surface area is 120 Å². The van der Waals surface area contributed by atoms with Crippen LogP contribution in [0.4, 0.5) is 8.78 Å². The summed E-state index contributed by atoms with van der Waals surface area (Å²) in [5.41, 5.74) is 0. The first-order valence-electron chi connectivity index (χ1n) is 6.59. The van der Waals surface area contributed by atoms with Gasteiger partial charge in [-0.2, -0.15) is 0 Å². The fraction of sp³-hybridized carbons (Fsp3) is 0.615. The Morgan fingerprint density at radius 1 is 1.55 bits per heavy atom. The number of hydrogen-bond donors (Lipinski definition) is 1. The van der Waals surface area contributed by atoms with Gasteiger partial charge in [-0.05, 0) is 17.9 Å². The molecule has 0 saturated carbocycles. The summed E-state index contributed by atoms with van der Waals surface area (Å²) in [6, 6.07) is 3.68. The minimum Gasteiger partial charge on any atom is -0.374 e. The van der Waals surface area contributed by atoms with Gasteiger partial charge < -0.3 is 9.64 Å². The summed E-state index contributed by atoms with van der Waals surface area (Å²) < 4.78 is 28.9. The highest BCUT2D eigenvalue weighted by Gasteiger charge is 2.38. The largest absolute Gasteiger partial charge is 0.374 e. The minimum atomic E-state index is -2.47. The molecule has 0 bridgehead atoms. The third kappa shape index (κ3) is 3.53. The van der Waals surface area contributed by atoms with Crippen LogP contribution in [0.5, 0.6) is 0 Å². The van der Waals surface area contributed by atoms with E-state index in [4.69, 9.17) is 4.74 Å². The normalized spacial score (nSPS) is 23.0. The van der Waals surface area contributed by atoms with E-state index in [0.717, 1.165) is 4.88 Å². The Hall–Kier alpha value is -1.05. The van der Waals surface area contributed by atoms with Gasteiger partial charge in [-0.1, -0.05) is 13.0 Å². The number of hydrogen-bond acceptors (Lipinski definition) is 4. The maximum absolute atomic E-state index is 12.2. The fourth-order valence-corrected chi connectivity index (χ4v) is 3.02. The van der Waals surface area contributed by atoms with Gasteiger partial charge in [0.1, 0.15) is 12.8 Å². The Balaban J connectivity index is 1.97. The van der Waals surface area contributed by atoms with E-state index in [1.165, 1.54) is 0 Å². The number of halogens is 2. The van der Waals surface area contributed by atoms with E-state index in [9.17, 15) is 13.6 Å². The van der Waals surface area contributed by atoms with E-state index >= 15 is 0 Å². The molecule has 0 aliphatic carbocycles. The molecule has 1 fully saturated rings. The molecule has 7 heteroatoms.